The van der Waals surface area contributed by atoms with Crippen molar-refractivity contribution in [2.45, 2.75) is 25.7 Å². The van der Waals surface area contributed by atoms with Crippen molar-refractivity contribution < 1.29 is 8.42 Å². The lowest BCUT2D eigenvalue weighted by Gasteiger charge is -2.09. The quantitative estimate of drug-likeness (QED) is 0.741. The average molecular weight is 376 g/mol. The van der Waals surface area contributed by atoms with E-state index in [1.807, 2.05) is 31.2 Å². The monoisotopic (exact) mass is 375 g/mol. The van der Waals surface area contributed by atoms with Crippen molar-refractivity contribution in [1.29, 1.82) is 0 Å². The van der Waals surface area contributed by atoms with Crippen LogP contribution in [0, 0.1) is 20.8 Å². The Morgan fingerprint density at radius 2 is 1.56 bits per heavy atom. The molecule has 25 heavy (non-hydrogen) atoms. The maximum atomic E-state index is 12.8. The lowest BCUT2D eigenvalue weighted by Crippen LogP contribution is -2.15. The number of halogens is 1. The summed E-state index contributed by atoms with van der Waals surface area (Å²) in [6.45, 7) is 5.43. The van der Waals surface area contributed by atoms with Crippen LogP contribution in [-0.4, -0.2) is 18.2 Å². The summed E-state index contributed by atoms with van der Waals surface area (Å²) in [7, 11) is -3.76. The van der Waals surface area contributed by atoms with E-state index in [9.17, 15) is 8.42 Å². The zero-order chi connectivity index (χ0) is 18.2. The van der Waals surface area contributed by atoms with Crippen LogP contribution in [-0.2, 0) is 10.0 Å². The Bertz CT molecular complexity index is 1010. The number of hydrogen-bond donors (Lipinski definition) is 1. The maximum absolute atomic E-state index is 12.8. The number of aryl methyl sites for hydroxylation is 2. The molecule has 0 saturated heterocycles. The molecule has 0 aliphatic rings. The topological polar surface area (TPSA) is 64.0 Å². The number of sulfonamides is 1. The number of benzene rings is 2. The molecule has 1 aromatic heterocycles. The second-order valence-electron chi connectivity index (χ2n) is 5.86. The molecule has 3 rings (SSSR count). The van der Waals surface area contributed by atoms with Crippen LogP contribution in [0.2, 0.25) is 5.02 Å². The van der Waals surface area contributed by atoms with Crippen LogP contribution in [0.1, 0.15) is 17.0 Å². The summed E-state index contributed by atoms with van der Waals surface area (Å²) < 4.78 is 29.9. The SMILES string of the molecule is Cc1ccc(-n2nc(C)c(S(=O)(=O)Nc3ccc(Cl)cc3)c2C)cc1. The van der Waals surface area contributed by atoms with E-state index in [0.29, 0.717) is 22.1 Å². The van der Waals surface area contributed by atoms with E-state index in [2.05, 4.69) is 9.82 Å². The summed E-state index contributed by atoms with van der Waals surface area (Å²) in [6.07, 6.45) is 0. The Kier molecular flexibility index (Phi) is 4.58. The number of aromatic nitrogens is 2. The van der Waals surface area contributed by atoms with Gasteiger partial charge in [-0.05, 0) is 57.2 Å². The fourth-order valence-corrected chi connectivity index (χ4v) is 4.26. The number of nitrogens with one attached hydrogen (secondary N) is 1. The number of hydrogen-bond acceptors (Lipinski definition) is 3. The van der Waals surface area contributed by atoms with E-state index in [0.717, 1.165) is 11.3 Å². The van der Waals surface area contributed by atoms with Crippen LogP contribution >= 0.6 is 11.6 Å². The smallest absolute Gasteiger partial charge is 0.265 e. The lowest BCUT2D eigenvalue weighted by atomic mass is 10.2. The summed E-state index contributed by atoms with van der Waals surface area (Å²) in [6, 6.07) is 14.3. The summed E-state index contributed by atoms with van der Waals surface area (Å²) in [5, 5.41) is 4.95. The highest BCUT2D eigenvalue weighted by Gasteiger charge is 2.25. The molecule has 1 heterocycles. The Labute approximate surface area is 152 Å². The van der Waals surface area contributed by atoms with Gasteiger partial charge in [-0.2, -0.15) is 5.10 Å². The van der Waals surface area contributed by atoms with Crippen LogP contribution in [0.4, 0.5) is 5.69 Å². The molecule has 0 amide bonds. The van der Waals surface area contributed by atoms with Crippen molar-refractivity contribution in [3.8, 4) is 5.69 Å². The summed E-state index contributed by atoms with van der Waals surface area (Å²) in [5.41, 5.74) is 3.40. The average Bonchev–Trinajstić information content (AvgIpc) is 2.85. The van der Waals surface area contributed by atoms with Crippen LogP contribution in [0.15, 0.2) is 53.4 Å². The minimum Gasteiger partial charge on any atom is -0.280 e. The largest absolute Gasteiger partial charge is 0.280 e. The molecular weight excluding hydrogens is 358 g/mol. The van der Waals surface area contributed by atoms with Crippen molar-refractivity contribution in [3.05, 3.63) is 70.5 Å². The van der Waals surface area contributed by atoms with Gasteiger partial charge in [0.1, 0.15) is 4.90 Å². The highest BCUT2D eigenvalue weighted by atomic mass is 35.5. The molecule has 0 aliphatic heterocycles. The first kappa shape index (κ1) is 17.5. The number of anilines is 1. The van der Waals surface area contributed by atoms with Crippen molar-refractivity contribution in [1.82, 2.24) is 9.78 Å². The van der Waals surface area contributed by atoms with E-state index in [1.54, 1.807) is 42.8 Å². The maximum Gasteiger partial charge on any atom is 0.265 e. The molecule has 5 nitrogen and oxygen atoms in total. The van der Waals surface area contributed by atoms with Gasteiger partial charge in [0, 0.05) is 10.7 Å². The van der Waals surface area contributed by atoms with Crippen LogP contribution < -0.4 is 4.72 Å². The predicted octanol–water partition coefficient (Wildman–Crippen LogP) is 4.25. The predicted molar refractivity (Wildman–Crippen MR) is 100 cm³/mol. The zero-order valence-corrected chi connectivity index (χ0v) is 15.7. The van der Waals surface area contributed by atoms with E-state index in [4.69, 9.17) is 11.6 Å². The van der Waals surface area contributed by atoms with Gasteiger partial charge in [0.15, 0.2) is 0 Å². The first-order valence-corrected chi connectivity index (χ1v) is 9.56. The second kappa shape index (κ2) is 6.54. The van der Waals surface area contributed by atoms with Gasteiger partial charge in [-0.25, -0.2) is 13.1 Å². The van der Waals surface area contributed by atoms with Gasteiger partial charge in [-0.15, -0.1) is 0 Å². The molecule has 130 valence electrons. The third kappa shape index (κ3) is 3.55. The third-order valence-electron chi connectivity index (χ3n) is 3.87. The van der Waals surface area contributed by atoms with Crippen LogP contribution in [0.5, 0.6) is 0 Å². The normalized spacial score (nSPS) is 11.5. The van der Waals surface area contributed by atoms with Crippen LogP contribution in [0.25, 0.3) is 5.69 Å². The van der Waals surface area contributed by atoms with E-state index >= 15 is 0 Å². The first-order valence-electron chi connectivity index (χ1n) is 7.69. The Balaban J connectivity index is 2.02. The number of rotatable bonds is 4. The fourth-order valence-electron chi connectivity index (χ4n) is 2.68. The standard InChI is InChI=1S/C18H18ClN3O2S/c1-12-4-10-17(11-5-12)22-14(3)18(13(2)20-22)25(23,24)21-16-8-6-15(19)7-9-16/h4-11,21H,1-3H3. The minimum atomic E-state index is -3.76. The molecule has 7 heteroatoms. The molecule has 0 bridgehead atoms. The van der Waals surface area contributed by atoms with E-state index < -0.39 is 10.0 Å². The molecule has 3 aromatic rings. The van der Waals surface area contributed by atoms with Gasteiger partial charge in [-0.3, -0.25) is 4.72 Å². The van der Waals surface area contributed by atoms with Crippen molar-refractivity contribution in [3.63, 3.8) is 0 Å². The Morgan fingerprint density at radius 3 is 2.16 bits per heavy atom. The highest BCUT2D eigenvalue weighted by molar-refractivity contribution is 7.92. The van der Waals surface area contributed by atoms with Gasteiger partial charge in [0.2, 0.25) is 0 Å². The molecular formula is C18H18ClN3O2S. The second-order valence-corrected chi connectivity index (χ2v) is 7.92. The molecule has 0 atom stereocenters. The first-order chi connectivity index (χ1) is 11.8. The van der Waals surface area contributed by atoms with Crippen molar-refractivity contribution in [2.24, 2.45) is 0 Å². The molecule has 0 fully saturated rings. The molecule has 0 spiro atoms. The van der Waals surface area contributed by atoms with Crippen molar-refractivity contribution in [2.75, 3.05) is 4.72 Å². The lowest BCUT2D eigenvalue weighted by molar-refractivity contribution is 0.600. The molecule has 0 radical (unpaired) electrons. The van der Waals surface area contributed by atoms with Gasteiger partial charge in [0.25, 0.3) is 10.0 Å². The molecule has 2 aromatic carbocycles. The summed E-state index contributed by atoms with van der Waals surface area (Å²) in [4.78, 5) is 0.183. The highest BCUT2D eigenvalue weighted by Crippen LogP contribution is 2.25. The molecule has 0 saturated carbocycles. The van der Waals surface area contributed by atoms with E-state index in [1.165, 1.54) is 0 Å². The van der Waals surface area contributed by atoms with E-state index in [-0.39, 0.29) is 4.90 Å². The van der Waals surface area contributed by atoms with Gasteiger partial charge in [-0.1, -0.05) is 29.3 Å². The third-order valence-corrected chi connectivity index (χ3v) is 5.75. The minimum absolute atomic E-state index is 0.183. The van der Waals surface area contributed by atoms with Crippen molar-refractivity contribution >= 4 is 27.3 Å². The summed E-state index contributed by atoms with van der Waals surface area (Å²) >= 11 is 5.84. The fraction of sp³-hybridized carbons (Fsp3) is 0.167. The Morgan fingerprint density at radius 1 is 0.960 bits per heavy atom. The number of nitrogens with zero attached hydrogens (tertiary/aromatic N) is 2. The van der Waals surface area contributed by atoms with Gasteiger partial charge < -0.3 is 0 Å². The molecule has 0 unspecified atom stereocenters. The summed E-state index contributed by atoms with van der Waals surface area (Å²) in [5.74, 6) is 0. The van der Waals surface area contributed by atoms with Gasteiger partial charge in [0.05, 0.1) is 17.1 Å². The Hall–Kier alpha value is -2.31. The zero-order valence-electron chi connectivity index (χ0n) is 14.1. The molecule has 0 aliphatic carbocycles. The molecule has 1 N–H and O–H groups in total. The van der Waals surface area contributed by atoms with Gasteiger partial charge >= 0.3 is 0 Å². The van der Waals surface area contributed by atoms with Crippen LogP contribution in [0.3, 0.4) is 0 Å².